The van der Waals surface area contributed by atoms with Crippen molar-refractivity contribution in [1.82, 2.24) is 4.90 Å². The van der Waals surface area contributed by atoms with E-state index < -0.39 is 17.4 Å². The van der Waals surface area contributed by atoms with Crippen LogP contribution in [0.3, 0.4) is 0 Å². The predicted molar refractivity (Wildman–Crippen MR) is 83.1 cm³/mol. The third kappa shape index (κ3) is 4.43. The topological polar surface area (TPSA) is 66.8 Å². The van der Waals surface area contributed by atoms with Gasteiger partial charge in [0.2, 0.25) is 0 Å². The molecule has 1 aliphatic rings. The molecule has 0 aliphatic carbocycles. The van der Waals surface area contributed by atoms with Crippen molar-refractivity contribution in [2.24, 2.45) is 0 Å². The molecule has 1 aliphatic heterocycles. The Morgan fingerprint density at radius 2 is 1.87 bits per heavy atom. The van der Waals surface area contributed by atoms with E-state index >= 15 is 0 Å². The minimum Gasteiger partial charge on any atom is -0.478 e. The second-order valence-corrected chi connectivity index (χ2v) is 6.79. The molecule has 1 saturated heterocycles. The van der Waals surface area contributed by atoms with Gasteiger partial charge in [0.25, 0.3) is 0 Å². The maximum absolute atomic E-state index is 13.5. The number of aromatic carboxylic acids is 1. The number of likely N-dealkylation sites (tertiary alicyclic amines) is 1. The fraction of sp³-hybridized carbons (Fsp3) is 0.529. The van der Waals surface area contributed by atoms with Gasteiger partial charge in [-0.3, -0.25) is 0 Å². The Morgan fingerprint density at radius 3 is 2.39 bits per heavy atom. The Kier molecular flexibility index (Phi) is 4.92. The highest BCUT2D eigenvalue weighted by atomic mass is 19.1. The molecule has 2 rings (SSSR count). The largest absolute Gasteiger partial charge is 0.478 e. The minimum absolute atomic E-state index is 0.118. The first-order valence-electron chi connectivity index (χ1n) is 7.68. The molecule has 0 aromatic heterocycles. The van der Waals surface area contributed by atoms with E-state index in [1.807, 2.05) is 20.8 Å². The summed E-state index contributed by atoms with van der Waals surface area (Å²) in [5.41, 5.74) is -0.0360. The van der Waals surface area contributed by atoms with Crippen molar-refractivity contribution in [2.45, 2.75) is 45.1 Å². The second-order valence-electron chi connectivity index (χ2n) is 6.79. The van der Waals surface area contributed by atoms with Gasteiger partial charge >= 0.3 is 12.1 Å². The van der Waals surface area contributed by atoms with Crippen LogP contribution in [0.2, 0.25) is 0 Å². The predicted octanol–water partition coefficient (Wildman–Crippen LogP) is 3.64. The Balaban J connectivity index is 2.01. The number of amides is 1. The number of piperidine rings is 1. The lowest BCUT2D eigenvalue weighted by atomic mass is 9.88. The van der Waals surface area contributed by atoms with Gasteiger partial charge in [-0.15, -0.1) is 0 Å². The summed E-state index contributed by atoms with van der Waals surface area (Å²) in [6.07, 6.45) is 1.06. The summed E-state index contributed by atoms with van der Waals surface area (Å²) in [6, 6.07) is 4.21. The van der Waals surface area contributed by atoms with Crippen LogP contribution in [0.15, 0.2) is 18.2 Å². The van der Waals surface area contributed by atoms with Crippen LogP contribution in [0.4, 0.5) is 9.18 Å². The van der Waals surface area contributed by atoms with Crippen LogP contribution in [0.1, 0.15) is 55.5 Å². The number of hydrogen-bond donors (Lipinski definition) is 1. The smallest absolute Gasteiger partial charge is 0.410 e. The van der Waals surface area contributed by atoms with E-state index in [1.54, 1.807) is 11.0 Å². The number of rotatable bonds is 2. The zero-order valence-corrected chi connectivity index (χ0v) is 13.6. The number of carboxylic acids is 1. The average molecular weight is 323 g/mol. The van der Waals surface area contributed by atoms with Crippen LogP contribution in [-0.4, -0.2) is 40.8 Å². The van der Waals surface area contributed by atoms with Crippen LogP contribution in [0.5, 0.6) is 0 Å². The molecule has 1 aromatic rings. The normalized spacial score (nSPS) is 16.3. The van der Waals surface area contributed by atoms with Gasteiger partial charge < -0.3 is 14.7 Å². The third-order valence-corrected chi connectivity index (χ3v) is 3.84. The number of nitrogens with zero attached hydrogens (tertiary/aromatic N) is 1. The first kappa shape index (κ1) is 17.2. The van der Waals surface area contributed by atoms with Gasteiger partial charge in [-0.05, 0) is 57.2 Å². The maximum Gasteiger partial charge on any atom is 0.410 e. The molecule has 1 fully saturated rings. The van der Waals surface area contributed by atoms with Gasteiger partial charge in [0, 0.05) is 13.1 Å². The van der Waals surface area contributed by atoms with E-state index in [0.29, 0.717) is 25.9 Å². The molecule has 0 atom stereocenters. The number of benzene rings is 1. The summed E-state index contributed by atoms with van der Waals surface area (Å²) in [5, 5.41) is 9.00. The molecule has 0 spiro atoms. The number of carboxylic acid groups (broad SMARTS) is 1. The molecule has 0 radical (unpaired) electrons. The third-order valence-electron chi connectivity index (χ3n) is 3.84. The molecule has 0 bridgehead atoms. The Labute approximate surface area is 135 Å². The highest BCUT2D eigenvalue weighted by molar-refractivity contribution is 5.88. The molecule has 5 nitrogen and oxygen atoms in total. The molecule has 1 heterocycles. The number of carbonyl (C=O) groups excluding carboxylic acids is 1. The summed E-state index contributed by atoms with van der Waals surface area (Å²) in [5.74, 6) is -1.88. The van der Waals surface area contributed by atoms with Crippen LogP contribution >= 0.6 is 0 Å². The maximum atomic E-state index is 13.5. The van der Waals surface area contributed by atoms with Gasteiger partial charge in [-0.25, -0.2) is 14.0 Å². The van der Waals surface area contributed by atoms with E-state index in [1.165, 1.54) is 12.1 Å². The lowest BCUT2D eigenvalue weighted by Crippen LogP contribution is -2.41. The molecule has 1 N–H and O–H groups in total. The van der Waals surface area contributed by atoms with E-state index in [4.69, 9.17) is 9.84 Å². The zero-order chi connectivity index (χ0) is 17.2. The van der Waals surface area contributed by atoms with Crippen molar-refractivity contribution in [2.75, 3.05) is 13.1 Å². The zero-order valence-electron chi connectivity index (χ0n) is 13.6. The van der Waals surface area contributed by atoms with Gasteiger partial charge in [-0.1, -0.05) is 6.07 Å². The number of halogens is 1. The summed E-state index contributed by atoms with van der Waals surface area (Å²) < 4.78 is 18.8. The minimum atomic E-state index is -1.27. The molecule has 6 heteroatoms. The van der Waals surface area contributed by atoms with Gasteiger partial charge in [0.15, 0.2) is 0 Å². The van der Waals surface area contributed by atoms with Gasteiger partial charge in [-0.2, -0.15) is 0 Å². The van der Waals surface area contributed by atoms with Crippen molar-refractivity contribution >= 4 is 12.1 Å². The van der Waals surface area contributed by atoms with Crippen molar-refractivity contribution in [3.05, 3.63) is 35.1 Å². The standard InChI is InChI=1S/C17H22FNO4/c1-17(2,3)23-16(22)19-8-6-11(7-9-19)12-4-5-14(18)13(10-12)15(20)21/h4-5,10-11H,6-9H2,1-3H3,(H,20,21). The monoisotopic (exact) mass is 323 g/mol. The van der Waals surface area contributed by atoms with Crippen molar-refractivity contribution in [3.8, 4) is 0 Å². The van der Waals surface area contributed by atoms with Crippen LogP contribution in [0.25, 0.3) is 0 Å². The fourth-order valence-corrected chi connectivity index (χ4v) is 2.68. The Bertz CT molecular complexity index is 601. The number of ether oxygens (including phenoxy) is 1. The van der Waals surface area contributed by atoms with Crippen LogP contribution in [-0.2, 0) is 4.74 Å². The van der Waals surface area contributed by atoms with Crippen molar-refractivity contribution in [1.29, 1.82) is 0 Å². The first-order valence-corrected chi connectivity index (χ1v) is 7.68. The highest BCUT2D eigenvalue weighted by Gasteiger charge is 2.28. The lowest BCUT2D eigenvalue weighted by Gasteiger charge is -2.33. The lowest BCUT2D eigenvalue weighted by molar-refractivity contribution is 0.0204. The molecule has 1 aromatic carbocycles. The second kappa shape index (κ2) is 6.56. The fourth-order valence-electron chi connectivity index (χ4n) is 2.68. The van der Waals surface area contributed by atoms with E-state index in [0.717, 1.165) is 5.56 Å². The first-order chi connectivity index (χ1) is 10.7. The van der Waals surface area contributed by atoms with Gasteiger partial charge in [0.05, 0.1) is 5.56 Å². The average Bonchev–Trinajstić information content (AvgIpc) is 2.46. The summed E-state index contributed by atoms with van der Waals surface area (Å²) in [6.45, 7) is 6.55. The highest BCUT2D eigenvalue weighted by Crippen LogP contribution is 2.30. The van der Waals surface area contributed by atoms with E-state index in [-0.39, 0.29) is 17.6 Å². The molecule has 0 saturated carbocycles. The molecular weight excluding hydrogens is 301 g/mol. The summed E-state index contributed by atoms with van der Waals surface area (Å²) in [7, 11) is 0. The number of carbonyl (C=O) groups is 2. The molecular formula is C17H22FNO4. The van der Waals surface area contributed by atoms with Crippen LogP contribution in [0, 0.1) is 5.82 Å². The molecule has 0 unspecified atom stereocenters. The molecule has 1 amide bonds. The van der Waals surface area contributed by atoms with E-state index in [9.17, 15) is 14.0 Å². The summed E-state index contributed by atoms with van der Waals surface area (Å²) in [4.78, 5) is 24.7. The van der Waals surface area contributed by atoms with Gasteiger partial charge in [0.1, 0.15) is 11.4 Å². The van der Waals surface area contributed by atoms with Crippen molar-refractivity contribution in [3.63, 3.8) is 0 Å². The number of hydrogen-bond acceptors (Lipinski definition) is 3. The quantitative estimate of drug-likeness (QED) is 0.902. The van der Waals surface area contributed by atoms with E-state index in [2.05, 4.69) is 0 Å². The molecule has 23 heavy (non-hydrogen) atoms. The summed E-state index contributed by atoms with van der Waals surface area (Å²) >= 11 is 0. The van der Waals surface area contributed by atoms with Crippen molar-refractivity contribution < 1.29 is 23.8 Å². The Morgan fingerprint density at radius 1 is 1.26 bits per heavy atom. The Hall–Kier alpha value is -2.11. The SMILES string of the molecule is CC(C)(C)OC(=O)N1CCC(c2ccc(F)c(C(=O)O)c2)CC1. The molecule has 126 valence electrons. The van der Waals surface area contributed by atoms with Crippen LogP contribution < -0.4 is 0 Å².